The Morgan fingerprint density at radius 3 is 3.04 bits per heavy atom. The molecule has 1 aliphatic heterocycles. The number of fused-ring (bicyclic) bond motifs is 1. The van der Waals surface area contributed by atoms with Crippen LogP contribution in [0.2, 0.25) is 0 Å². The minimum atomic E-state index is -0.376. The number of rotatable bonds is 5. The molecule has 26 heavy (non-hydrogen) atoms. The molecule has 0 aliphatic carbocycles. The van der Waals surface area contributed by atoms with Gasteiger partial charge >= 0.3 is 0 Å². The Kier molecular flexibility index (Phi) is 5.85. The zero-order valence-electron chi connectivity index (χ0n) is 14.9. The van der Waals surface area contributed by atoms with E-state index in [1.807, 2.05) is 26.0 Å². The highest BCUT2D eigenvalue weighted by molar-refractivity contribution is 7.20. The molecule has 0 aromatic carbocycles. The smallest absolute Gasteiger partial charge is 0.261 e. The summed E-state index contributed by atoms with van der Waals surface area (Å²) in [4.78, 5) is 32.4. The molecule has 1 aliphatic rings. The summed E-state index contributed by atoms with van der Waals surface area (Å²) in [5, 5.41) is 12.5. The fraction of sp³-hybridized carbons (Fsp3) is 0.500. The van der Waals surface area contributed by atoms with Crippen LogP contribution in [0, 0.1) is 5.92 Å². The average Bonchev–Trinajstić information content (AvgIpc) is 3.05. The van der Waals surface area contributed by atoms with Crippen molar-refractivity contribution in [1.29, 1.82) is 0 Å². The predicted molar refractivity (Wildman–Crippen MR) is 99.2 cm³/mol. The van der Waals surface area contributed by atoms with Gasteiger partial charge in [0.15, 0.2) is 0 Å². The molecule has 3 heterocycles. The molecule has 7 nitrogen and oxygen atoms in total. The molecule has 8 heteroatoms. The lowest BCUT2D eigenvalue weighted by Crippen LogP contribution is -2.44. The fourth-order valence-electron chi connectivity index (χ4n) is 3.08. The lowest BCUT2D eigenvalue weighted by Gasteiger charge is -2.34. The molecule has 140 valence electrons. The summed E-state index contributed by atoms with van der Waals surface area (Å²) in [6.45, 7) is 5.22. The number of hydrogen-bond donors (Lipinski definition) is 2. The van der Waals surface area contributed by atoms with Gasteiger partial charge in [-0.15, -0.1) is 11.3 Å². The maximum Gasteiger partial charge on any atom is 0.261 e. The minimum Gasteiger partial charge on any atom is -0.395 e. The first-order valence-corrected chi connectivity index (χ1v) is 9.51. The van der Waals surface area contributed by atoms with Gasteiger partial charge in [-0.3, -0.25) is 9.59 Å². The number of nitrogens with zero attached hydrogens (tertiary/aromatic N) is 2. The first kappa shape index (κ1) is 18.8. The molecule has 2 N–H and O–H groups in total. The van der Waals surface area contributed by atoms with Crippen LogP contribution in [0.5, 0.6) is 0 Å². The lowest BCUT2D eigenvalue weighted by molar-refractivity contribution is -0.142. The summed E-state index contributed by atoms with van der Waals surface area (Å²) in [7, 11) is 0. The van der Waals surface area contributed by atoms with Crippen LogP contribution < -0.4 is 5.32 Å². The fourth-order valence-corrected chi connectivity index (χ4v) is 4.19. The number of carbonyl (C=O) groups excluding carboxylic acids is 2. The first-order chi connectivity index (χ1) is 12.5. The standard InChI is InChI=1S/C18H23N3O4S/c1-11(2)18(24)21-7-9-25-13(10-21)14-12-4-3-5-20-17(12)26-15(14)16(23)19-6-8-22/h3-5,11,13,22H,6-10H2,1-2H3,(H,19,23)/t13-/m0/s1. The monoisotopic (exact) mass is 377 g/mol. The molecule has 0 bridgehead atoms. The van der Waals surface area contributed by atoms with Crippen LogP contribution in [0.4, 0.5) is 0 Å². The van der Waals surface area contributed by atoms with Crippen molar-refractivity contribution in [2.45, 2.75) is 20.0 Å². The molecule has 2 amide bonds. The first-order valence-electron chi connectivity index (χ1n) is 8.69. The quantitative estimate of drug-likeness (QED) is 0.825. The number of carbonyl (C=O) groups is 2. The summed E-state index contributed by atoms with van der Waals surface area (Å²) in [5.41, 5.74) is 0.773. The van der Waals surface area contributed by atoms with Gasteiger partial charge in [0.05, 0.1) is 19.8 Å². The van der Waals surface area contributed by atoms with Crippen LogP contribution in [0.15, 0.2) is 18.3 Å². The molecule has 2 aromatic rings. The number of aliphatic hydroxyl groups is 1. The maximum atomic E-state index is 12.6. The van der Waals surface area contributed by atoms with E-state index in [0.717, 1.165) is 15.8 Å². The van der Waals surface area contributed by atoms with E-state index in [9.17, 15) is 9.59 Å². The van der Waals surface area contributed by atoms with Crippen molar-refractivity contribution in [3.63, 3.8) is 0 Å². The number of thiophene rings is 1. The van der Waals surface area contributed by atoms with Gasteiger partial charge in [-0.25, -0.2) is 4.98 Å². The molecule has 3 rings (SSSR count). The Morgan fingerprint density at radius 1 is 1.50 bits per heavy atom. The molecule has 1 fully saturated rings. The van der Waals surface area contributed by atoms with Gasteiger partial charge in [-0.05, 0) is 6.07 Å². The number of morpholine rings is 1. The minimum absolute atomic E-state index is 0.0815. The molecular formula is C18H23N3O4S. The van der Waals surface area contributed by atoms with Gasteiger partial charge in [0.25, 0.3) is 5.91 Å². The maximum absolute atomic E-state index is 12.6. The van der Waals surface area contributed by atoms with Crippen LogP contribution in [0.3, 0.4) is 0 Å². The van der Waals surface area contributed by atoms with E-state index < -0.39 is 0 Å². The second-order valence-electron chi connectivity index (χ2n) is 6.48. The second kappa shape index (κ2) is 8.11. The number of aliphatic hydroxyl groups excluding tert-OH is 1. The number of pyridine rings is 1. The van der Waals surface area contributed by atoms with Crippen molar-refractivity contribution in [2.75, 3.05) is 32.8 Å². The van der Waals surface area contributed by atoms with Gasteiger partial charge in [-0.1, -0.05) is 19.9 Å². The lowest BCUT2D eigenvalue weighted by atomic mass is 10.0. The average molecular weight is 377 g/mol. The zero-order valence-corrected chi connectivity index (χ0v) is 15.7. The molecule has 0 saturated carbocycles. The third kappa shape index (κ3) is 3.72. The van der Waals surface area contributed by atoms with Gasteiger partial charge in [0, 0.05) is 36.2 Å². The van der Waals surface area contributed by atoms with Gasteiger partial charge in [-0.2, -0.15) is 0 Å². The van der Waals surface area contributed by atoms with E-state index in [1.54, 1.807) is 11.1 Å². The highest BCUT2D eigenvalue weighted by atomic mass is 32.1. The van der Waals surface area contributed by atoms with E-state index in [-0.39, 0.29) is 37.0 Å². The number of aromatic nitrogens is 1. The number of nitrogens with one attached hydrogen (secondary N) is 1. The summed E-state index contributed by atoms with van der Waals surface area (Å²) >= 11 is 1.30. The third-order valence-corrected chi connectivity index (χ3v) is 5.43. The summed E-state index contributed by atoms with van der Waals surface area (Å²) < 4.78 is 5.94. The SMILES string of the molecule is CC(C)C(=O)N1CCO[C@H](c2c(C(=O)NCCO)sc3ncccc23)C1. The predicted octanol–water partition coefficient (Wildman–Crippen LogP) is 1.57. The van der Waals surface area contributed by atoms with E-state index in [4.69, 9.17) is 9.84 Å². The van der Waals surface area contributed by atoms with Gasteiger partial charge in [0.1, 0.15) is 15.8 Å². The molecule has 0 spiro atoms. The Labute approximate surface area is 156 Å². The van der Waals surface area contributed by atoms with E-state index >= 15 is 0 Å². The molecule has 1 saturated heterocycles. The third-order valence-electron chi connectivity index (χ3n) is 4.30. The van der Waals surface area contributed by atoms with Crippen molar-refractivity contribution < 1.29 is 19.4 Å². The Bertz CT molecular complexity index is 805. The van der Waals surface area contributed by atoms with Gasteiger partial charge < -0.3 is 20.1 Å². The molecule has 0 radical (unpaired) electrons. The molecule has 1 atom stereocenters. The van der Waals surface area contributed by atoms with Gasteiger partial charge in [0.2, 0.25) is 5.91 Å². The van der Waals surface area contributed by atoms with Crippen molar-refractivity contribution >= 4 is 33.4 Å². The molecule has 2 aromatic heterocycles. The Morgan fingerprint density at radius 2 is 2.31 bits per heavy atom. The van der Waals surface area contributed by atoms with E-state index in [2.05, 4.69) is 10.3 Å². The summed E-state index contributed by atoms with van der Waals surface area (Å²) in [6.07, 6.45) is 1.31. The van der Waals surface area contributed by atoms with Crippen molar-refractivity contribution in [3.8, 4) is 0 Å². The number of amides is 2. The van der Waals surface area contributed by atoms with Crippen LogP contribution in [0.25, 0.3) is 10.2 Å². The number of hydrogen-bond acceptors (Lipinski definition) is 6. The largest absolute Gasteiger partial charge is 0.395 e. The van der Waals surface area contributed by atoms with Crippen molar-refractivity contribution in [2.24, 2.45) is 5.92 Å². The van der Waals surface area contributed by atoms with Crippen LogP contribution in [-0.2, 0) is 9.53 Å². The summed E-state index contributed by atoms with van der Waals surface area (Å²) in [5.74, 6) is -0.253. The second-order valence-corrected chi connectivity index (χ2v) is 7.48. The Balaban J connectivity index is 1.97. The topological polar surface area (TPSA) is 91.8 Å². The van der Waals surface area contributed by atoms with Crippen molar-refractivity contribution in [3.05, 3.63) is 28.8 Å². The normalized spacial score (nSPS) is 17.7. The van der Waals surface area contributed by atoms with Crippen LogP contribution >= 0.6 is 11.3 Å². The summed E-state index contributed by atoms with van der Waals surface area (Å²) in [6, 6.07) is 3.75. The van der Waals surface area contributed by atoms with E-state index in [0.29, 0.717) is 24.6 Å². The van der Waals surface area contributed by atoms with Crippen LogP contribution in [-0.4, -0.2) is 59.7 Å². The van der Waals surface area contributed by atoms with Crippen LogP contribution in [0.1, 0.15) is 35.2 Å². The highest BCUT2D eigenvalue weighted by Gasteiger charge is 2.32. The van der Waals surface area contributed by atoms with Crippen molar-refractivity contribution in [1.82, 2.24) is 15.2 Å². The van der Waals surface area contributed by atoms with E-state index in [1.165, 1.54) is 11.3 Å². The highest BCUT2D eigenvalue weighted by Crippen LogP contribution is 2.37. The number of ether oxygens (including phenoxy) is 1. The Hall–Kier alpha value is -2.03. The molecule has 0 unspecified atom stereocenters. The molecular weight excluding hydrogens is 354 g/mol. The zero-order chi connectivity index (χ0) is 18.7.